The van der Waals surface area contributed by atoms with Gasteiger partial charge in [-0.3, -0.25) is 0 Å². The van der Waals surface area contributed by atoms with Gasteiger partial charge in [0, 0.05) is 6.54 Å². The van der Waals surface area contributed by atoms with Crippen molar-refractivity contribution in [3.05, 3.63) is 28.8 Å². The molecule has 0 bridgehead atoms. The van der Waals surface area contributed by atoms with Gasteiger partial charge in [0.25, 0.3) is 0 Å². The zero-order chi connectivity index (χ0) is 12.1. The van der Waals surface area contributed by atoms with Crippen molar-refractivity contribution in [3.63, 3.8) is 0 Å². The fraction of sp³-hybridized carbons (Fsp3) is 0.571. The highest BCUT2D eigenvalue weighted by Gasteiger charge is 2.08. The third-order valence-corrected chi connectivity index (χ3v) is 3.08. The molecule has 0 aromatic heterocycles. The molecule has 0 aliphatic heterocycles. The number of aryl methyl sites for hydroxylation is 2. The average molecular weight is 221 g/mol. The number of ether oxygens (including phenoxy) is 1. The second kappa shape index (κ2) is 5.90. The van der Waals surface area contributed by atoms with E-state index in [9.17, 15) is 0 Å². The quantitative estimate of drug-likeness (QED) is 0.758. The highest BCUT2D eigenvalue weighted by Crippen LogP contribution is 2.24. The molecule has 2 nitrogen and oxygen atoms in total. The molecule has 0 spiro atoms. The summed E-state index contributed by atoms with van der Waals surface area (Å²) in [6.07, 6.45) is 1.06. The molecule has 0 heterocycles. The van der Waals surface area contributed by atoms with Crippen molar-refractivity contribution in [2.45, 2.75) is 27.2 Å². The molecule has 1 aromatic rings. The van der Waals surface area contributed by atoms with Gasteiger partial charge in [0.2, 0.25) is 0 Å². The van der Waals surface area contributed by atoms with E-state index in [1.54, 1.807) is 7.11 Å². The molecule has 0 aliphatic rings. The van der Waals surface area contributed by atoms with Gasteiger partial charge < -0.3 is 9.64 Å². The lowest BCUT2D eigenvalue weighted by Gasteiger charge is -2.17. The molecule has 0 atom stereocenters. The minimum atomic E-state index is 1.03. The van der Waals surface area contributed by atoms with E-state index in [4.69, 9.17) is 4.74 Å². The lowest BCUT2D eigenvalue weighted by molar-refractivity contribution is 0.352. The molecule has 16 heavy (non-hydrogen) atoms. The maximum atomic E-state index is 5.45. The van der Waals surface area contributed by atoms with E-state index in [0.29, 0.717) is 0 Å². The smallest absolute Gasteiger partial charge is 0.122 e. The van der Waals surface area contributed by atoms with Gasteiger partial charge >= 0.3 is 0 Å². The third-order valence-electron chi connectivity index (χ3n) is 3.08. The summed E-state index contributed by atoms with van der Waals surface area (Å²) in [6.45, 7) is 8.62. The molecule has 0 saturated carbocycles. The molecule has 0 saturated heterocycles. The largest absolute Gasteiger partial charge is 0.496 e. The van der Waals surface area contributed by atoms with Gasteiger partial charge in [-0.2, -0.15) is 0 Å². The van der Waals surface area contributed by atoms with Crippen LogP contribution in [0.2, 0.25) is 0 Å². The Morgan fingerprint density at radius 2 is 1.94 bits per heavy atom. The molecule has 1 aromatic carbocycles. The van der Waals surface area contributed by atoms with Gasteiger partial charge in [0.15, 0.2) is 0 Å². The monoisotopic (exact) mass is 221 g/mol. The topological polar surface area (TPSA) is 12.5 Å². The van der Waals surface area contributed by atoms with Crippen LogP contribution in [0.15, 0.2) is 12.1 Å². The van der Waals surface area contributed by atoms with Crippen molar-refractivity contribution in [2.75, 3.05) is 27.2 Å². The van der Waals surface area contributed by atoms with Crippen LogP contribution in [-0.2, 0) is 6.42 Å². The van der Waals surface area contributed by atoms with Crippen LogP contribution in [0.4, 0.5) is 0 Å². The predicted octanol–water partition coefficient (Wildman–Crippen LogP) is 2.81. The second-order valence-corrected chi connectivity index (χ2v) is 4.41. The van der Waals surface area contributed by atoms with Gasteiger partial charge in [-0.15, -0.1) is 0 Å². The van der Waals surface area contributed by atoms with Crippen molar-refractivity contribution < 1.29 is 4.74 Å². The van der Waals surface area contributed by atoms with Crippen LogP contribution in [-0.4, -0.2) is 32.1 Å². The van der Waals surface area contributed by atoms with Crippen LogP contribution < -0.4 is 4.74 Å². The van der Waals surface area contributed by atoms with Crippen molar-refractivity contribution in [3.8, 4) is 5.75 Å². The van der Waals surface area contributed by atoms with Crippen LogP contribution >= 0.6 is 0 Å². The number of hydrogen-bond acceptors (Lipinski definition) is 2. The summed E-state index contributed by atoms with van der Waals surface area (Å²) in [7, 11) is 3.90. The van der Waals surface area contributed by atoms with Crippen molar-refractivity contribution in [1.82, 2.24) is 4.90 Å². The van der Waals surface area contributed by atoms with E-state index in [1.807, 2.05) is 0 Å². The van der Waals surface area contributed by atoms with Gasteiger partial charge in [-0.25, -0.2) is 0 Å². The van der Waals surface area contributed by atoms with Crippen LogP contribution in [0.3, 0.4) is 0 Å². The summed E-state index contributed by atoms with van der Waals surface area (Å²) >= 11 is 0. The Hall–Kier alpha value is -1.02. The normalized spacial score (nSPS) is 10.9. The van der Waals surface area contributed by atoms with Crippen molar-refractivity contribution in [1.29, 1.82) is 0 Å². The van der Waals surface area contributed by atoms with E-state index in [1.165, 1.54) is 16.7 Å². The molecule has 0 fully saturated rings. The van der Waals surface area contributed by atoms with Crippen LogP contribution in [0, 0.1) is 13.8 Å². The third kappa shape index (κ3) is 3.24. The summed E-state index contributed by atoms with van der Waals surface area (Å²) in [6, 6.07) is 4.35. The number of nitrogens with zero attached hydrogens (tertiary/aromatic N) is 1. The van der Waals surface area contributed by atoms with Gasteiger partial charge in [0.1, 0.15) is 5.75 Å². The van der Waals surface area contributed by atoms with E-state index in [0.717, 1.165) is 25.3 Å². The van der Waals surface area contributed by atoms with Crippen LogP contribution in [0.5, 0.6) is 5.75 Å². The molecule has 0 N–H and O–H groups in total. The fourth-order valence-electron chi connectivity index (χ4n) is 1.92. The maximum Gasteiger partial charge on any atom is 0.122 e. The molecule has 2 heteroatoms. The number of hydrogen-bond donors (Lipinski definition) is 0. The second-order valence-electron chi connectivity index (χ2n) is 4.41. The Morgan fingerprint density at radius 1 is 1.25 bits per heavy atom. The lowest BCUT2D eigenvalue weighted by atomic mass is 10.0. The lowest BCUT2D eigenvalue weighted by Crippen LogP contribution is -2.21. The van der Waals surface area contributed by atoms with Crippen LogP contribution in [0.25, 0.3) is 0 Å². The van der Waals surface area contributed by atoms with Gasteiger partial charge in [0.05, 0.1) is 7.11 Å². The van der Waals surface area contributed by atoms with Crippen molar-refractivity contribution in [2.24, 2.45) is 0 Å². The minimum Gasteiger partial charge on any atom is -0.496 e. The molecule has 0 amide bonds. The predicted molar refractivity (Wildman–Crippen MR) is 69.3 cm³/mol. The first-order valence-corrected chi connectivity index (χ1v) is 5.91. The highest BCUT2D eigenvalue weighted by molar-refractivity contribution is 5.43. The number of rotatable bonds is 5. The molecular weight excluding hydrogens is 198 g/mol. The molecule has 0 radical (unpaired) electrons. The van der Waals surface area contributed by atoms with E-state index < -0.39 is 0 Å². The summed E-state index contributed by atoms with van der Waals surface area (Å²) in [5.74, 6) is 1.03. The molecule has 1 rings (SSSR count). The van der Waals surface area contributed by atoms with E-state index in [-0.39, 0.29) is 0 Å². The van der Waals surface area contributed by atoms with Gasteiger partial charge in [-0.1, -0.05) is 13.0 Å². The Balaban J connectivity index is 2.85. The number of likely N-dealkylation sites (N-methyl/N-ethyl adjacent to an activating group) is 1. The Labute approximate surface area is 99.2 Å². The SMILES string of the molecule is CCN(C)CCc1c(C)cc(C)cc1OC. The molecule has 90 valence electrons. The average Bonchev–Trinajstić information content (AvgIpc) is 2.26. The maximum absolute atomic E-state index is 5.45. The molecular formula is C14H23NO. The summed E-state index contributed by atoms with van der Waals surface area (Å²) < 4.78 is 5.45. The van der Waals surface area contributed by atoms with E-state index in [2.05, 4.69) is 44.9 Å². The number of methoxy groups -OCH3 is 1. The van der Waals surface area contributed by atoms with E-state index >= 15 is 0 Å². The summed E-state index contributed by atoms with van der Waals surface area (Å²) in [5, 5.41) is 0. The first-order chi connectivity index (χ1) is 7.58. The fourth-order valence-corrected chi connectivity index (χ4v) is 1.92. The zero-order valence-electron chi connectivity index (χ0n) is 11.1. The Bertz CT molecular complexity index is 347. The zero-order valence-corrected chi connectivity index (χ0v) is 11.1. The molecule has 0 aliphatic carbocycles. The summed E-state index contributed by atoms with van der Waals surface area (Å²) in [4.78, 5) is 2.32. The number of benzene rings is 1. The minimum absolute atomic E-state index is 1.03. The van der Waals surface area contributed by atoms with Crippen LogP contribution in [0.1, 0.15) is 23.6 Å². The highest BCUT2D eigenvalue weighted by atomic mass is 16.5. The van der Waals surface area contributed by atoms with Gasteiger partial charge in [-0.05, 0) is 56.6 Å². The first kappa shape index (κ1) is 13.0. The summed E-state index contributed by atoms with van der Waals surface area (Å²) in [5.41, 5.74) is 3.94. The first-order valence-electron chi connectivity index (χ1n) is 5.91. The standard InChI is InChI=1S/C14H23NO/c1-6-15(4)8-7-13-12(3)9-11(2)10-14(13)16-5/h9-10H,6-8H2,1-5H3. The Morgan fingerprint density at radius 3 is 2.50 bits per heavy atom. The molecule has 0 unspecified atom stereocenters. The Kier molecular flexibility index (Phi) is 4.81. The van der Waals surface area contributed by atoms with Crippen molar-refractivity contribution >= 4 is 0 Å².